The highest BCUT2D eigenvalue weighted by atomic mass is 32.2. The highest BCUT2D eigenvalue weighted by Crippen LogP contribution is 2.21. The van der Waals surface area contributed by atoms with E-state index in [-0.39, 0.29) is 28.5 Å². The normalized spacial score (nSPS) is 13.0. The molecule has 1 unspecified atom stereocenters. The van der Waals surface area contributed by atoms with Gasteiger partial charge in [0.15, 0.2) is 9.84 Å². The molecule has 0 aliphatic rings. The molecule has 1 atom stereocenters. The SMILES string of the molecule is CCS(=O)(=O)CC(C)NC(=O)c1cc(S(=O)(=O)NCc2ccccc2)ccc1O. The number of carbonyl (C=O) groups excluding carboxylic acids is 1. The summed E-state index contributed by atoms with van der Waals surface area (Å²) in [6.07, 6.45) is 0. The Hall–Kier alpha value is -2.43. The lowest BCUT2D eigenvalue weighted by Gasteiger charge is -2.15. The van der Waals surface area contributed by atoms with Crippen molar-refractivity contribution in [1.29, 1.82) is 0 Å². The van der Waals surface area contributed by atoms with Crippen LogP contribution in [0.1, 0.15) is 29.8 Å². The van der Waals surface area contributed by atoms with Gasteiger partial charge >= 0.3 is 0 Å². The van der Waals surface area contributed by atoms with Gasteiger partial charge in [0.1, 0.15) is 5.75 Å². The molecule has 0 aromatic heterocycles. The highest BCUT2D eigenvalue weighted by molar-refractivity contribution is 7.91. The second-order valence-corrected chi connectivity index (χ2v) is 10.7. The quantitative estimate of drug-likeness (QED) is 0.541. The molecule has 0 radical (unpaired) electrons. The molecule has 8 nitrogen and oxygen atoms in total. The Labute approximate surface area is 170 Å². The summed E-state index contributed by atoms with van der Waals surface area (Å²) in [5, 5.41) is 12.4. The second kappa shape index (κ2) is 9.38. The van der Waals surface area contributed by atoms with Crippen LogP contribution in [0.4, 0.5) is 0 Å². The van der Waals surface area contributed by atoms with Crippen molar-refractivity contribution >= 4 is 25.8 Å². The van der Waals surface area contributed by atoms with E-state index in [1.165, 1.54) is 19.9 Å². The number of phenolic OH excluding ortho intramolecular Hbond substituents is 1. The molecule has 0 aliphatic heterocycles. The number of sulfone groups is 1. The summed E-state index contributed by atoms with van der Waals surface area (Å²) < 4.78 is 50.9. The number of hydrogen-bond donors (Lipinski definition) is 3. The van der Waals surface area contributed by atoms with Crippen LogP contribution in [-0.2, 0) is 26.4 Å². The molecule has 2 rings (SSSR count). The molecule has 1 amide bonds. The van der Waals surface area contributed by atoms with Gasteiger partial charge in [0, 0.05) is 18.3 Å². The number of rotatable bonds is 9. The lowest BCUT2D eigenvalue weighted by Crippen LogP contribution is -2.38. The molecular formula is C19H24N2O6S2. The van der Waals surface area contributed by atoms with Gasteiger partial charge in [-0.15, -0.1) is 0 Å². The number of carbonyl (C=O) groups is 1. The first-order chi connectivity index (χ1) is 13.5. The minimum Gasteiger partial charge on any atom is -0.507 e. The van der Waals surface area contributed by atoms with Crippen molar-refractivity contribution in [2.45, 2.75) is 31.3 Å². The molecule has 0 saturated carbocycles. The highest BCUT2D eigenvalue weighted by Gasteiger charge is 2.21. The third kappa shape index (κ3) is 6.55. The van der Waals surface area contributed by atoms with Gasteiger partial charge in [-0.1, -0.05) is 37.3 Å². The summed E-state index contributed by atoms with van der Waals surface area (Å²) in [4.78, 5) is 12.2. The fourth-order valence-corrected chi connectivity index (χ4v) is 4.69. The van der Waals surface area contributed by atoms with Crippen molar-refractivity contribution in [3.05, 3.63) is 59.7 Å². The number of hydrogen-bond acceptors (Lipinski definition) is 6. The summed E-state index contributed by atoms with van der Waals surface area (Å²) in [7, 11) is -7.23. The predicted molar refractivity (Wildman–Crippen MR) is 110 cm³/mol. The molecule has 158 valence electrons. The maximum Gasteiger partial charge on any atom is 0.255 e. The topological polar surface area (TPSA) is 130 Å². The number of amides is 1. The predicted octanol–water partition coefficient (Wildman–Crippen LogP) is 1.42. The van der Waals surface area contributed by atoms with Crippen LogP contribution in [0.3, 0.4) is 0 Å². The van der Waals surface area contributed by atoms with Crippen molar-refractivity contribution in [3.8, 4) is 5.75 Å². The Bertz CT molecular complexity index is 1070. The minimum absolute atomic E-state index is 0.0563. The van der Waals surface area contributed by atoms with Crippen LogP contribution in [-0.4, -0.2) is 45.4 Å². The zero-order valence-electron chi connectivity index (χ0n) is 16.1. The Morgan fingerprint density at radius 2 is 1.72 bits per heavy atom. The number of nitrogens with one attached hydrogen (secondary N) is 2. The summed E-state index contributed by atoms with van der Waals surface area (Å²) in [5.74, 6) is -1.48. The van der Waals surface area contributed by atoms with Gasteiger partial charge in [-0.3, -0.25) is 4.79 Å². The standard InChI is InChI=1S/C19H24N2O6S2/c1-3-28(24,25)13-14(2)21-19(23)17-11-16(9-10-18(17)22)29(26,27)20-12-15-7-5-4-6-8-15/h4-11,14,20,22H,3,12-13H2,1-2H3,(H,21,23). The molecular weight excluding hydrogens is 416 g/mol. The Morgan fingerprint density at radius 3 is 2.34 bits per heavy atom. The monoisotopic (exact) mass is 440 g/mol. The van der Waals surface area contributed by atoms with Crippen LogP contribution >= 0.6 is 0 Å². The molecule has 0 bridgehead atoms. The lowest BCUT2D eigenvalue weighted by atomic mass is 10.2. The maximum absolute atomic E-state index is 12.5. The third-order valence-corrected chi connectivity index (χ3v) is 7.44. The number of sulfonamides is 1. The van der Waals surface area contributed by atoms with Crippen LogP contribution in [0.25, 0.3) is 0 Å². The fourth-order valence-electron chi connectivity index (χ4n) is 2.56. The summed E-state index contributed by atoms with van der Waals surface area (Å²) >= 11 is 0. The number of aromatic hydroxyl groups is 1. The molecule has 0 saturated heterocycles. The van der Waals surface area contributed by atoms with Gasteiger partial charge in [0.25, 0.3) is 5.91 Å². The van der Waals surface area contributed by atoms with Crippen molar-refractivity contribution < 1.29 is 26.7 Å². The molecule has 2 aromatic rings. The fraction of sp³-hybridized carbons (Fsp3) is 0.316. The van der Waals surface area contributed by atoms with E-state index in [4.69, 9.17) is 0 Å². The van der Waals surface area contributed by atoms with E-state index in [0.717, 1.165) is 17.7 Å². The van der Waals surface area contributed by atoms with Crippen LogP contribution < -0.4 is 10.0 Å². The molecule has 0 spiro atoms. The van der Waals surface area contributed by atoms with Crippen LogP contribution in [0.2, 0.25) is 0 Å². The average Bonchev–Trinajstić information content (AvgIpc) is 2.67. The zero-order chi connectivity index (χ0) is 21.7. The van der Waals surface area contributed by atoms with Crippen molar-refractivity contribution in [1.82, 2.24) is 10.0 Å². The molecule has 3 N–H and O–H groups in total. The molecule has 0 aliphatic carbocycles. The Kier molecular flexibility index (Phi) is 7.39. The van der Waals surface area contributed by atoms with E-state index >= 15 is 0 Å². The van der Waals surface area contributed by atoms with Gasteiger partial charge in [0.2, 0.25) is 10.0 Å². The maximum atomic E-state index is 12.5. The van der Waals surface area contributed by atoms with Crippen molar-refractivity contribution in [2.75, 3.05) is 11.5 Å². The first-order valence-electron chi connectivity index (χ1n) is 8.92. The smallest absolute Gasteiger partial charge is 0.255 e. The lowest BCUT2D eigenvalue weighted by molar-refractivity contribution is 0.0940. The van der Waals surface area contributed by atoms with E-state index in [9.17, 15) is 26.7 Å². The van der Waals surface area contributed by atoms with Gasteiger partial charge in [-0.2, -0.15) is 0 Å². The van der Waals surface area contributed by atoms with Gasteiger partial charge in [-0.05, 0) is 30.7 Å². The van der Waals surface area contributed by atoms with E-state index in [1.54, 1.807) is 24.3 Å². The number of benzene rings is 2. The molecule has 29 heavy (non-hydrogen) atoms. The van der Waals surface area contributed by atoms with Gasteiger partial charge < -0.3 is 10.4 Å². The largest absolute Gasteiger partial charge is 0.507 e. The minimum atomic E-state index is -3.93. The number of phenols is 1. The van der Waals surface area contributed by atoms with E-state index < -0.39 is 37.6 Å². The first kappa shape index (κ1) is 22.9. The Balaban J connectivity index is 2.16. The van der Waals surface area contributed by atoms with Crippen LogP contribution in [0.15, 0.2) is 53.4 Å². The zero-order valence-corrected chi connectivity index (χ0v) is 17.8. The van der Waals surface area contributed by atoms with Crippen LogP contribution in [0.5, 0.6) is 5.75 Å². The van der Waals surface area contributed by atoms with E-state index in [0.29, 0.717) is 0 Å². The summed E-state index contributed by atoms with van der Waals surface area (Å²) in [5.41, 5.74) is 0.507. The molecule has 2 aromatic carbocycles. The van der Waals surface area contributed by atoms with Gasteiger partial charge in [-0.25, -0.2) is 21.6 Å². The van der Waals surface area contributed by atoms with E-state index in [2.05, 4.69) is 10.0 Å². The molecule has 10 heteroatoms. The Morgan fingerprint density at radius 1 is 1.07 bits per heavy atom. The summed E-state index contributed by atoms with van der Waals surface area (Å²) in [6.45, 7) is 3.09. The molecule has 0 heterocycles. The van der Waals surface area contributed by atoms with Gasteiger partial charge in [0.05, 0.1) is 16.2 Å². The first-order valence-corrected chi connectivity index (χ1v) is 12.2. The van der Waals surface area contributed by atoms with Crippen LogP contribution in [0, 0.1) is 0 Å². The van der Waals surface area contributed by atoms with Crippen molar-refractivity contribution in [3.63, 3.8) is 0 Å². The van der Waals surface area contributed by atoms with Crippen molar-refractivity contribution in [2.24, 2.45) is 0 Å². The average molecular weight is 441 g/mol. The summed E-state index contributed by atoms with van der Waals surface area (Å²) in [6, 6.07) is 11.6. The molecule has 0 fully saturated rings. The second-order valence-electron chi connectivity index (χ2n) is 6.56. The third-order valence-electron chi connectivity index (χ3n) is 4.15. The van der Waals surface area contributed by atoms with E-state index in [1.807, 2.05) is 6.07 Å².